The van der Waals surface area contributed by atoms with Gasteiger partial charge in [0, 0.05) is 22.7 Å². The first-order chi connectivity index (χ1) is 7.84. The minimum atomic E-state index is 0.119. The average Bonchev–Trinajstić information content (AvgIpc) is 2.76. The number of fused-ring (bicyclic) bond motifs is 1. The Kier molecular flexibility index (Phi) is 2.69. The van der Waals surface area contributed by atoms with Gasteiger partial charge in [-0.1, -0.05) is 22.0 Å². The summed E-state index contributed by atoms with van der Waals surface area (Å²) in [5.74, 6) is 0. The highest BCUT2D eigenvalue weighted by Crippen LogP contribution is 2.27. The molecule has 1 atom stereocenters. The summed E-state index contributed by atoms with van der Waals surface area (Å²) in [5.41, 5.74) is 1.02. The van der Waals surface area contributed by atoms with Crippen LogP contribution in [0.4, 0.5) is 0 Å². The normalized spacial score (nSPS) is 21.4. The topological polar surface area (TPSA) is 27.1 Å². The molecule has 2 heterocycles. The second-order valence-corrected chi connectivity index (χ2v) is 4.96. The van der Waals surface area contributed by atoms with E-state index in [1.54, 1.807) is 0 Å². The van der Waals surface area contributed by atoms with Gasteiger partial charge in [-0.15, -0.1) is 0 Å². The van der Waals surface area contributed by atoms with Crippen molar-refractivity contribution in [1.82, 2.24) is 9.78 Å². The highest BCUT2D eigenvalue weighted by atomic mass is 79.9. The molecule has 1 aliphatic heterocycles. The van der Waals surface area contributed by atoms with Gasteiger partial charge < -0.3 is 4.74 Å². The van der Waals surface area contributed by atoms with E-state index in [4.69, 9.17) is 4.74 Å². The standard InChI is InChI=1S/C12H13BrN2O/c13-10-4-3-5-11-9(10)8-15(14-11)12-6-1-2-7-16-12/h3-5,8,12H,1-2,6-7H2/t12-/m1/s1. The predicted octanol–water partition coefficient (Wildman–Crippen LogP) is 3.50. The second-order valence-electron chi connectivity index (χ2n) is 4.10. The molecular formula is C12H13BrN2O. The van der Waals surface area contributed by atoms with Gasteiger partial charge in [0.15, 0.2) is 0 Å². The number of benzene rings is 1. The largest absolute Gasteiger partial charge is 0.357 e. The van der Waals surface area contributed by atoms with E-state index in [0.29, 0.717) is 0 Å². The van der Waals surface area contributed by atoms with Gasteiger partial charge in [0.25, 0.3) is 0 Å². The van der Waals surface area contributed by atoms with Crippen molar-refractivity contribution in [2.75, 3.05) is 6.61 Å². The van der Waals surface area contributed by atoms with Crippen LogP contribution in [-0.2, 0) is 4.74 Å². The molecule has 0 bridgehead atoms. The van der Waals surface area contributed by atoms with E-state index in [0.717, 1.165) is 28.4 Å². The van der Waals surface area contributed by atoms with Gasteiger partial charge in [0.2, 0.25) is 0 Å². The van der Waals surface area contributed by atoms with Crippen molar-refractivity contribution in [3.8, 4) is 0 Å². The molecule has 0 radical (unpaired) electrons. The molecule has 0 saturated carbocycles. The molecule has 0 spiro atoms. The molecule has 1 aromatic carbocycles. The lowest BCUT2D eigenvalue weighted by Crippen LogP contribution is -2.18. The molecule has 0 aliphatic carbocycles. The zero-order chi connectivity index (χ0) is 11.0. The summed E-state index contributed by atoms with van der Waals surface area (Å²) >= 11 is 3.54. The Balaban J connectivity index is 2.01. The molecule has 4 heteroatoms. The van der Waals surface area contributed by atoms with Gasteiger partial charge in [0.05, 0.1) is 5.52 Å². The highest BCUT2D eigenvalue weighted by Gasteiger charge is 2.17. The maximum Gasteiger partial charge on any atom is 0.150 e. The Hall–Kier alpha value is -0.870. The molecule has 1 aliphatic rings. The van der Waals surface area contributed by atoms with E-state index >= 15 is 0 Å². The monoisotopic (exact) mass is 280 g/mol. The lowest BCUT2D eigenvalue weighted by Gasteiger charge is -2.22. The molecule has 0 unspecified atom stereocenters. The molecule has 0 N–H and O–H groups in total. The minimum Gasteiger partial charge on any atom is -0.357 e. The van der Waals surface area contributed by atoms with Gasteiger partial charge in [-0.3, -0.25) is 0 Å². The van der Waals surface area contributed by atoms with Crippen LogP contribution in [0.5, 0.6) is 0 Å². The van der Waals surface area contributed by atoms with E-state index in [2.05, 4.69) is 27.2 Å². The van der Waals surface area contributed by atoms with Crippen LogP contribution in [0.1, 0.15) is 25.5 Å². The minimum absolute atomic E-state index is 0.119. The number of hydrogen-bond acceptors (Lipinski definition) is 2. The summed E-state index contributed by atoms with van der Waals surface area (Å²) in [6, 6.07) is 6.07. The van der Waals surface area contributed by atoms with Crippen LogP contribution in [0, 0.1) is 0 Å². The summed E-state index contributed by atoms with van der Waals surface area (Å²) < 4.78 is 8.76. The lowest BCUT2D eigenvalue weighted by atomic mass is 10.2. The van der Waals surface area contributed by atoms with Crippen molar-refractivity contribution < 1.29 is 4.74 Å². The van der Waals surface area contributed by atoms with E-state index in [1.807, 2.05) is 22.9 Å². The smallest absolute Gasteiger partial charge is 0.150 e. The van der Waals surface area contributed by atoms with E-state index < -0.39 is 0 Å². The molecular weight excluding hydrogens is 268 g/mol. The van der Waals surface area contributed by atoms with Gasteiger partial charge in [-0.2, -0.15) is 5.10 Å². The molecule has 3 rings (SSSR count). The van der Waals surface area contributed by atoms with Crippen molar-refractivity contribution in [3.63, 3.8) is 0 Å². The van der Waals surface area contributed by atoms with Gasteiger partial charge in [-0.25, -0.2) is 4.68 Å². The number of hydrogen-bond donors (Lipinski definition) is 0. The third kappa shape index (κ3) is 1.76. The number of ether oxygens (including phenoxy) is 1. The van der Waals surface area contributed by atoms with E-state index in [1.165, 1.54) is 12.8 Å². The van der Waals surface area contributed by atoms with Crippen molar-refractivity contribution in [2.45, 2.75) is 25.5 Å². The van der Waals surface area contributed by atoms with Crippen molar-refractivity contribution in [2.24, 2.45) is 0 Å². The zero-order valence-corrected chi connectivity index (χ0v) is 10.5. The molecule has 1 saturated heterocycles. The van der Waals surface area contributed by atoms with Gasteiger partial charge in [-0.05, 0) is 31.4 Å². The van der Waals surface area contributed by atoms with Crippen molar-refractivity contribution >= 4 is 26.8 Å². The molecule has 3 nitrogen and oxygen atoms in total. The SMILES string of the molecule is Brc1cccc2nn([C@H]3CCCCO3)cc12. The van der Waals surface area contributed by atoms with Crippen LogP contribution in [0.3, 0.4) is 0 Å². The van der Waals surface area contributed by atoms with Gasteiger partial charge >= 0.3 is 0 Å². The third-order valence-electron chi connectivity index (χ3n) is 2.97. The van der Waals surface area contributed by atoms with E-state index in [9.17, 15) is 0 Å². The summed E-state index contributed by atoms with van der Waals surface area (Å²) in [6.45, 7) is 0.849. The predicted molar refractivity (Wildman–Crippen MR) is 66.3 cm³/mol. The summed E-state index contributed by atoms with van der Waals surface area (Å²) in [4.78, 5) is 0. The molecule has 16 heavy (non-hydrogen) atoms. The number of nitrogens with zero attached hydrogens (tertiary/aromatic N) is 2. The Labute approximate surface area is 103 Å². The molecule has 84 valence electrons. The van der Waals surface area contributed by atoms with Crippen LogP contribution in [-0.4, -0.2) is 16.4 Å². The number of aromatic nitrogens is 2. The summed E-state index contributed by atoms with van der Waals surface area (Å²) in [5, 5.41) is 5.71. The van der Waals surface area contributed by atoms with E-state index in [-0.39, 0.29) is 6.23 Å². The fourth-order valence-corrected chi connectivity index (χ4v) is 2.56. The van der Waals surface area contributed by atoms with Crippen LogP contribution in [0.2, 0.25) is 0 Å². The second kappa shape index (κ2) is 4.18. The average molecular weight is 281 g/mol. The summed E-state index contributed by atoms with van der Waals surface area (Å²) in [7, 11) is 0. The highest BCUT2D eigenvalue weighted by molar-refractivity contribution is 9.10. The number of halogens is 1. The zero-order valence-electron chi connectivity index (χ0n) is 8.90. The lowest BCUT2D eigenvalue weighted by molar-refractivity contribution is -0.0390. The first-order valence-electron chi connectivity index (χ1n) is 5.59. The van der Waals surface area contributed by atoms with Crippen molar-refractivity contribution in [3.05, 3.63) is 28.9 Å². The molecule has 0 amide bonds. The number of rotatable bonds is 1. The quantitative estimate of drug-likeness (QED) is 0.800. The van der Waals surface area contributed by atoms with Gasteiger partial charge in [0.1, 0.15) is 6.23 Å². The van der Waals surface area contributed by atoms with Crippen LogP contribution in [0.15, 0.2) is 28.9 Å². The van der Waals surface area contributed by atoms with Crippen LogP contribution in [0.25, 0.3) is 10.9 Å². The maximum atomic E-state index is 5.72. The Morgan fingerprint density at radius 1 is 1.38 bits per heavy atom. The van der Waals surface area contributed by atoms with Crippen molar-refractivity contribution in [1.29, 1.82) is 0 Å². The van der Waals surface area contributed by atoms with Crippen LogP contribution >= 0.6 is 15.9 Å². The Morgan fingerprint density at radius 2 is 2.31 bits per heavy atom. The molecule has 1 aromatic heterocycles. The van der Waals surface area contributed by atoms with Crippen LogP contribution < -0.4 is 0 Å². The summed E-state index contributed by atoms with van der Waals surface area (Å²) in [6.07, 6.45) is 5.64. The maximum absolute atomic E-state index is 5.72. The fourth-order valence-electron chi connectivity index (χ4n) is 2.11. The Morgan fingerprint density at radius 3 is 3.06 bits per heavy atom. The first-order valence-corrected chi connectivity index (χ1v) is 6.39. The fraction of sp³-hybridized carbons (Fsp3) is 0.417. The molecule has 2 aromatic rings. The Bertz CT molecular complexity index is 503. The molecule has 1 fully saturated rings. The third-order valence-corrected chi connectivity index (χ3v) is 3.66. The first kappa shape index (κ1) is 10.3.